The Kier molecular flexibility index (Phi) is 4.28. The van der Waals surface area contributed by atoms with Gasteiger partial charge < -0.3 is 15.0 Å². The minimum Gasteiger partial charge on any atom is -0.359 e. The van der Waals surface area contributed by atoms with Crippen molar-refractivity contribution in [1.82, 2.24) is 10.2 Å². The summed E-state index contributed by atoms with van der Waals surface area (Å²) in [6.07, 6.45) is 0.836. The predicted molar refractivity (Wildman–Crippen MR) is 41.1 cm³/mol. The van der Waals surface area contributed by atoms with Gasteiger partial charge in [-0.15, -0.1) is 0 Å². The Bertz CT molecular complexity index is 133. The topological polar surface area (TPSA) is 44.7 Å². The van der Waals surface area contributed by atoms with Crippen molar-refractivity contribution < 1.29 is 4.79 Å². The number of carbonyl (C=O) groups is 1. The van der Waals surface area contributed by atoms with Gasteiger partial charge in [-0.25, -0.2) is 0 Å². The summed E-state index contributed by atoms with van der Waals surface area (Å²) in [5.41, 5.74) is 0. The number of nitrogens with one attached hydrogen (secondary N) is 1. The lowest BCUT2D eigenvalue weighted by Crippen LogP contribution is -2.37. The third-order valence-corrected chi connectivity index (χ3v) is 1.15. The molecule has 0 aromatic heterocycles. The van der Waals surface area contributed by atoms with E-state index >= 15 is 0 Å². The predicted octanol–water partition coefficient (Wildman–Crippen LogP) is -0.678. The van der Waals surface area contributed by atoms with Gasteiger partial charge in [-0.3, -0.25) is 4.99 Å². The van der Waals surface area contributed by atoms with Crippen LogP contribution in [0.4, 0.5) is 0 Å². The van der Waals surface area contributed by atoms with Crippen LogP contribution in [0.5, 0.6) is 0 Å². The molecule has 1 N–H and O–H groups in total. The second-order valence-corrected chi connectivity index (χ2v) is 1.84. The van der Waals surface area contributed by atoms with E-state index in [0.29, 0.717) is 12.5 Å². The molecule has 0 aliphatic heterocycles. The minimum absolute atomic E-state index is 0.369. The van der Waals surface area contributed by atoms with Gasteiger partial charge >= 0.3 is 0 Å². The molecule has 0 spiro atoms. The molecule has 0 bridgehead atoms. The highest BCUT2D eigenvalue weighted by Crippen LogP contribution is 1.79. The third kappa shape index (κ3) is 2.48. The maximum atomic E-state index is 10.0. The Morgan fingerprint density at radius 2 is 2.40 bits per heavy atom. The number of likely N-dealkylation sites (N-methyl/N-ethyl adjacent to an activating group) is 1. The number of nitrogens with zero attached hydrogens (tertiary/aromatic N) is 2. The highest BCUT2D eigenvalue weighted by molar-refractivity contribution is 5.81. The van der Waals surface area contributed by atoms with Crippen LogP contribution in [0.1, 0.15) is 0 Å². The fraction of sp³-hybridized carbons (Fsp3) is 0.667. The Balaban J connectivity index is 3.89. The first-order chi connectivity index (χ1) is 4.76. The Hall–Kier alpha value is -1.06. The quantitative estimate of drug-likeness (QED) is 0.316. The van der Waals surface area contributed by atoms with Crippen LogP contribution in [0.15, 0.2) is 4.99 Å². The number of guanidine groups is 1. The maximum Gasteiger partial charge on any atom is 0.193 e. The molecule has 4 nitrogen and oxygen atoms in total. The average Bonchev–Trinajstić information content (AvgIpc) is 1.91. The first-order valence-electron chi connectivity index (χ1n) is 3.05. The van der Waals surface area contributed by atoms with Crippen LogP contribution < -0.4 is 5.32 Å². The molecule has 4 heteroatoms. The van der Waals surface area contributed by atoms with Gasteiger partial charge in [0.05, 0.1) is 6.54 Å². The highest BCUT2D eigenvalue weighted by Gasteiger charge is 1.99. The Morgan fingerprint density at radius 1 is 1.80 bits per heavy atom. The molecule has 0 saturated heterocycles. The summed E-state index contributed by atoms with van der Waals surface area (Å²) in [6, 6.07) is 0. The summed E-state index contributed by atoms with van der Waals surface area (Å²) in [7, 11) is 5.24. The van der Waals surface area contributed by atoms with Gasteiger partial charge in [0.2, 0.25) is 0 Å². The molecule has 0 atom stereocenters. The fourth-order valence-electron chi connectivity index (χ4n) is 0.672. The van der Waals surface area contributed by atoms with Crippen molar-refractivity contribution in [2.75, 3.05) is 27.7 Å². The lowest BCUT2D eigenvalue weighted by atomic mass is 10.6. The molecular formula is C6H13N3O. The van der Waals surface area contributed by atoms with Crippen molar-refractivity contribution in [3.8, 4) is 0 Å². The number of hydrogen-bond acceptors (Lipinski definition) is 2. The lowest BCUT2D eigenvalue weighted by Gasteiger charge is -2.16. The summed E-state index contributed by atoms with van der Waals surface area (Å²) in [5, 5.41) is 2.85. The molecular weight excluding hydrogens is 130 g/mol. The molecule has 0 fully saturated rings. The zero-order valence-corrected chi connectivity index (χ0v) is 6.59. The normalized spacial score (nSPS) is 10.9. The largest absolute Gasteiger partial charge is 0.359 e. The van der Waals surface area contributed by atoms with E-state index in [2.05, 4.69) is 10.3 Å². The van der Waals surface area contributed by atoms with Crippen molar-refractivity contribution >= 4 is 12.2 Å². The van der Waals surface area contributed by atoms with Crippen molar-refractivity contribution in [1.29, 1.82) is 0 Å². The minimum atomic E-state index is 0.369. The molecule has 10 heavy (non-hydrogen) atoms. The molecule has 0 aliphatic rings. The van der Waals surface area contributed by atoms with E-state index in [9.17, 15) is 4.79 Å². The summed E-state index contributed by atoms with van der Waals surface area (Å²) in [4.78, 5) is 15.7. The molecule has 0 radical (unpaired) electrons. The van der Waals surface area contributed by atoms with Crippen LogP contribution in [0.25, 0.3) is 0 Å². The number of rotatable bonds is 2. The van der Waals surface area contributed by atoms with E-state index < -0.39 is 0 Å². The first-order valence-corrected chi connectivity index (χ1v) is 3.05. The smallest absolute Gasteiger partial charge is 0.193 e. The molecule has 0 rings (SSSR count). The number of aliphatic imine (C=N–C) groups is 1. The molecule has 0 unspecified atom stereocenters. The fourth-order valence-corrected chi connectivity index (χ4v) is 0.672. The van der Waals surface area contributed by atoms with E-state index in [1.54, 1.807) is 26.0 Å². The van der Waals surface area contributed by atoms with Gasteiger partial charge in [0.15, 0.2) is 5.96 Å². The number of hydrogen-bond donors (Lipinski definition) is 1. The summed E-state index contributed by atoms with van der Waals surface area (Å²) < 4.78 is 0. The summed E-state index contributed by atoms with van der Waals surface area (Å²) in [6.45, 7) is 0.369. The van der Waals surface area contributed by atoms with Crippen molar-refractivity contribution in [2.24, 2.45) is 4.99 Å². The van der Waals surface area contributed by atoms with E-state index in [1.807, 2.05) is 0 Å². The second kappa shape index (κ2) is 4.78. The van der Waals surface area contributed by atoms with E-state index in [4.69, 9.17) is 0 Å². The molecule has 0 aromatic rings. The monoisotopic (exact) mass is 143 g/mol. The van der Waals surface area contributed by atoms with Crippen LogP contribution in [-0.4, -0.2) is 44.8 Å². The van der Waals surface area contributed by atoms with Crippen molar-refractivity contribution in [3.05, 3.63) is 0 Å². The third-order valence-electron chi connectivity index (χ3n) is 1.15. The van der Waals surface area contributed by atoms with Crippen LogP contribution in [0, 0.1) is 0 Å². The van der Waals surface area contributed by atoms with E-state index in [-0.39, 0.29) is 0 Å². The van der Waals surface area contributed by atoms with Crippen LogP contribution in [0.2, 0.25) is 0 Å². The van der Waals surface area contributed by atoms with E-state index in [1.165, 1.54) is 0 Å². The summed E-state index contributed by atoms with van der Waals surface area (Å²) >= 11 is 0. The first kappa shape index (κ1) is 8.94. The Morgan fingerprint density at radius 3 is 2.70 bits per heavy atom. The molecule has 58 valence electrons. The van der Waals surface area contributed by atoms with Crippen molar-refractivity contribution in [2.45, 2.75) is 0 Å². The Labute approximate surface area is 60.9 Å². The number of carbonyl (C=O) groups excluding carboxylic acids is 1. The van der Waals surface area contributed by atoms with Gasteiger partial charge in [0.1, 0.15) is 6.29 Å². The lowest BCUT2D eigenvalue weighted by molar-refractivity contribution is -0.108. The highest BCUT2D eigenvalue weighted by atomic mass is 16.1. The molecule has 0 aliphatic carbocycles. The molecule has 0 heterocycles. The summed E-state index contributed by atoms with van der Waals surface area (Å²) in [5.74, 6) is 0.715. The zero-order valence-electron chi connectivity index (χ0n) is 6.59. The van der Waals surface area contributed by atoms with Gasteiger partial charge in [-0.05, 0) is 0 Å². The van der Waals surface area contributed by atoms with Crippen LogP contribution in [-0.2, 0) is 4.79 Å². The van der Waals surface area contributed by atoms with Gasteiger partial charge in [-0.1, -0.05) is 0 Å². The van der Waals surface area contributed by atoms with Crippen molar-refractivity contribution in [3.63, 3.8) is 0 Å². The second-order valence-electron chi connectivity index (χ2n) is 1.84. The van der Waals surface area contributed by atoms with Gasteiger partial charge in [-0.2, -0.15) is 0 Å². The number of aldehydes is 1. The van der Waals surface area contributed by atoms with E-state index in [0.717, 1.165) is 6.29 Å². The van der Waals surface area contributed by atoms with Crippen LogP contribution in [0.3, 0.4) is 0 Å². The standard InChI is InChI=1S/C6H13N3O/c1-7-6(8-2)9(3)4-5-10/h5H,4H2,1-3H3,(H,7,8). The SMILES string of the molecule is CN=C(NC)N(C)CC=O. The van der Waals surface area contributed by atoms with Crippen LogP contribution >= 0.6 is 0 Å². The molecule has 0 aromatic carbocycles. The molecule has 0 saturated carbocycles. The zero-order chi connectivity index (χ0) is 7.98. The average molecular weight is 143 g/mol. The molecule has 0 amide bonds. The van der Waals surface area contributed by atoms with Gasteiger partial charge in [0, 0.05) is 21.1 Å². The van der Waals surface area contributed by atoms with Gasteiger partial charge in [0.25, 0.3) is 0 Å². The maximum absolute atomic E-state index is 10.0.